The van der Waals surface area contributed by atoms with Crippen LogP contribution in [0.1, 0.15) is 24.8 Å². The molecule has 1 aromatic rings. The van der Waals surface area contributed by atoms with Gasteiger partial charge < -0.3 is 10.2 Å². The van der Waals surface area contributed by atoms with Crippen molar-refractivity contribution in [1.29, 1.82) is 0 Å². The largest absolute Gasteiger partial charge is 0.356 e. The predicted octanol–water partition coefficient (Wildman–Crippen LogP) is 3.25. The minimum absolute atomic E-state index is 0. The summed E-state index contributed by atoms with van der Waals surface area (Å²) in [7, 11) is 3.75. The number of benzene rings is 1. The van der Waals surface area contributed by atoms with Crippen LogP contribution in [0.4, 0.5) is 4.39 Å². The highest BCUT2D eigenvalue weighted by atomic mass is 127. The van der Waals surface area contributed by atoms with Crippen molar-refractivity contribution in [3.63, 3.8) is 0 Å². The van der Waals surface area contributed by atoms with Crippen LogP contribution in [0.25, 0.3) is 0 Å². The topological polar surface area (TPSA) is 27.6 Å². The molecule has 20 heavy (non-hydrogen) atoms. The van der Waals surface area contributed by atoms with Crippen LogP contribution >= 0.6 is 24.0 Å². The molecular formula is C15H23FIN3. The van der Waals surface area contributed by atoms with Gasteiger partial charge in [-0.1, -0.05) is 25.0 Å². The Hall–Kier alpha value is -0.850. The van der Waals surface area contributed by atoms with Gasteiger partial charge in [-0.25, -0.2) is 4.39 Å². The lowest BCUT2D eigenvalue weighted by molar-refractivity contribution is 0.472. The van der Waals surface area contributed by atoms with Crippen LogP contribution in [0, 0.1) is 11.7 Å². The van der Waals surface area contributed by atoms with Gasteiger partial charge in [-0.3, -0.25) is 4.99 Å². The second-order valence-electron chi connectivity index (χ2n) is 5.19. The van der Waals surface area contributed by atoms with Crippen LogP contribution < -0.4 is 5.32 Å². The summed E-state index contributed by atoms with van der Waals surface area (Å²) < 4.78 is 13.1. The van der Waals surface area contributed by atoms with E-state index in [-0.39, 0.29) is 29.8 Å². The third kappa shape index (κ3) is 5.64. The van der Waals surface area contributed by atoms with E-state index in [1.54, 1.807) is 19.2 Å². The number of rotatable bonds is 5. The van der Waals surface area contributed by atoms with Crippen LogP contribution in [0.2, 0.25) is 0 Å². The van der Waals surface area contributed by atoms with Crippen molar-refractivity contribution in [2.24, 2.45) is 10.9 Å². The molecule has 0 aliphatic heterocycles. The van der Waals surface area contributed by atoms with Crippen LogP contribution in [-0.2, 0) is 6.54 Å². The van der Waals surface area contributed by atoms with Gasteiger partial charge in [0.15, 0.2) is 5.96 Å². The van der Waals surface area contributed by atoms with Crippen LogP contribution in [0.3, 0.4) is 0 Å². The summed E-state index contributed by atoms with van der Waals surface area (Å²) in [6.07, 6.45) is 3.96. The molecule has 0 radical (unpaired) electrons. The van der Waals surface area contributed by atoms with E-state index in [1.807, 2.05) is 18.0 Å². The Morgan fingerprint density at radius 2 is 2.20 bits per heavy atom. The maximum absolute atomic E-state index is 13.1. The molecule has 0 heterocycles. The SMILES string of the molecule is CN=C(NCCC1CC1)N(C)Cc1cccc(F)c1.I. The monoisotopic (exact) mass is 391 g/mol. The van der Waals surface area contributed by atoms with Crippen molar-refractivity contribution in [3.05, 3.63) is 35.6 Å². The standard InChI is InChI=1S/C15H22FN3.HI/c1-17-15(18-9-8-12-6-7-12)19(2)11-13-4-3-5-14(16)10-13;/h3-5,10,12H,6-9,11H2,1-2H3,(H,17,18);1H. The smallest absolute Gasteiger partial charge is 0.193 e. The number of hydrogen-bond donors (Lipinski definition) is 1. The van der Waals surface area contributed by atoms with Gasteiger partial charge in [0.25, 0.3) is 0 Å². The highest BCUT2D eigenvalue weighted by molar-refractivity contribution is 14.0. The van der Waals surface area contributed by atoms with Crippen LogP contribution in [0.15, 0.2) is 29.3 Å². The molecule has 0 amide bonds. The fourth-order valence-electron chi connectivity index (χ4n) is 2.16. The van der Waals surface area contributed by atoms with Gasteiger partial charge in [0, 0.05) is 27.2 Å². The molecule has 0 saturated heterocycles. The molecule has 0 atom stereocenters. The van der Waals surface area contributed by atoms with E-state index in [1.165, 1.54) is 25.3 Å². The van der Waals surface area contributed by atoms with Crippen molar-refractivity contribution in [2.45, 2.75) is 25.8 Å². The molecule has 1 aliphatic rings. The van der Waals surface area contributed by atoms with Gasteiger partial charge in [-0.2, -0.15) is 0 Å². The van der Waals surface area contributed by atoms with Crippen LogP contribution in [0.5, 0.6) is 0 Å². The number of guanidine groups is 1. The average molecular weight is 391 g/mol. The van der Waals surface area contributed by atoms with Gasteiger partial charge in [-0.05, 0) is 30.0 Å². The molecule has 1 saturated carbocycles. The first-order chi connectivity index (χ1) is 9.19. The molecule has 0 unspecified atom stereocenters. The zero-order valence-electron chi connectivity index (χ0n) is 12.1. The molecule has 0 bridgehead atoms. The van der Waals surface area contributed by atoms with Gasteiger partial charge in [0.1, 0.15) is 5.82 Å². The summed E-state index contributed by atoms with van der Waals surface area (Å²) in [5.41, 5.74) is 0.952. The molecule has 1 aromatic carbocycles. The summed E-state index contributed by atoms with van der Waals surface area (Å²) in [6, 6.07) is 6.69. The summed E-state index contributed by atoms with van der Waals surface area (Å²) in [5, 5.41) is 3.36. The molecule has 0 spiro atoms. The highest BCUT2D eigenvalue weighted by Crippen LogP contribution is 2.31. The lowest BCUT2D eigenvalue weighted by Crippen LogP contribution is -2.39. The predicted molar refractivity (Wildman–Crippen MR) is 92.0 cm³/mol. The summed E-state index contributed by atoms with van der Waals surface area (Å²) in [4.78, 5) is 6.28. The van der Waals surface area contributed by atoms with E-state index in [4.69, 9.17) is 0 Å². The minimum atomic E-state index is -0.192. The Bertz CT molecular complexity index is 446. The average Bonchev–Trinajstić information content (AvgIpc) is 3.18. The van der Waals surface area contributed by atoms with E-state index >= 15 is 0 Å². The third-order valence-corrected chi connectivity index (χ3v) is 3.41. The first kappa shape index (κ1) is 17.2. The Labute approximate surface area is 137 Å². The molecule has 1 N–H and O–H groups in total. The number of halogens is 2. The zero-order chi connectivity index (χ0) is 13.7. The summed E-state index contributed by atoms with van der Waals surface area (Å²) in [6.45, 7) is 1.62. The lowest BCUT2D eigenvalue weighted by Gasteiger charge is -2.22. The number of nitrogens with one attached hydrogen (secondary N) is 1. The second kappa shape index (κ2) is 8.44. The fourth-order valence-corrected chi connectivity index (χ4v) is 2.16. The minimum Gasteiger partial charge on any atom is -0.356 e. The normalized spacial score (nSPS) is 14.7. The molecule has 112 valence electrons. The Morgan fingerprint density at radius 1 is 1.45 bits per heavy atom. The van der Waals surface area contributed by atoms with Gasteiger partial charge >= 0.3 is 0 Å². The number of nitrogens with zero attached hydrogens (tertiary/aromatic N) is 2. The Balaban J connectivity index is 0.00000200. The molecule has 1 aliphatic carbocycles. The zero-order valence-corrected chi connectivity index (χ0v) is 14.4. The van der Waals surface area contributed by atoms with E-state index < -0.39 is 0 Å². The number of aliphatic imine (C=N–C) groups is 1. The quantitative estimate of drug-likeness (QED) is 0.474. The molecule has 1 fully saturated rings. The first-order valence-electron chi connectivity index (χ1n) is 6.85. The van der Waals surface area contributed by atoms with Crippen molar-refractivity contribution < 1.29 is 4.39 Å². The highest BCUT2D eigenvalue weighted by Gasteiger charge is 2.20. The maximum Gasteiger partial charge on any atom is 0.193 e. The lowest BCUT2D eigenvalue weighted by atomic mass is 10.2. The van der Waals surface area contributed by atoms with Gasteiger partial charge in [-0.15, -0.1) is 24.0 Å². The Kier molecular flexibility index (Phi) is 7.26. The van der Waals surface area contributed by atoms with E-state index in [2.05, 4.69) is 10.3 Å². The van der Waals surface area contributed by atoms with Crippen molar-refractivity contribution in [1.82, 2.24) is 10.2 Å². The van der Waals surface area contributed by atoms with Crippen LogP contribution in [-0.4, -0.2) is 31.5 Å². The molecule has 2 rings (SSSR count). The van der Waals surface area contributed by atoms with Crippen molar-refractivity contribution >= 4 is 29.9 Å². The molecule has 5 heteroatoms. The van der Waals surface area contributed by atoms with Crippen molar-refractivity contribution in [2.75, 3.05) is 20.6 Å². The third-order valence-electron chi connectivity index (χ3n) is 3.41. The molecule has 3 nitrogen and oxygen atoms in total. The van der Waals surface area contributed by atoms with E-state index in [0.717, 1.165) is 24.0 Å². The second-order valence-corrected chi connectivity index (χ2v) is 5.19. The fraction of sp³-hybridized carbons (Fsp3) is 0.533. The number of hydrogen-bond acceptors (Lipinski definition) is 1. The molecular weight excluding hydrogens is 368 g/mol. The summed E-state index contributed by atoms with van der Waals surface area (Å²) >= 11 is 0. The maximum atomic E-state index is 13.1. The van der Waals surface area contributed by atoms with Crippen molar-refractivity contribution in [3.8, 4) is 0 Å². The molecule has 0 aromatic heterocycles. The Morgan fingerprint density at radius 3 is 2.80 bits per heavy atom. The van der Waals surface area contributed by atoms with E-state index in [0.29, 0.717) is 6.54 Å². The van der Waals surface area contributed by atoms with Gasteiger partial charge in [0.05, 0.1) is 0 Å². The van der Waals surface area contributed by atoms with Gasteiger partial charge in [0.2, 0.25) is 0 Å². The van der Waals surface area contributed by atoms with E-state index in [9.17, 15) is 4.39 Å². The summed E-state index contributed by atoms with van der Waals surface area (Å²) in [5.74, 6) is 1.59. The first-order valence-corrected chi connectivity index (χ1v) is 6.85.